The molecular formula is C12H16N6O. The molecule has 0 aliphatic heterocycles. The number of hydrogen-bond acceptors (Lipinski definition) is 7. The molecule has 2 rings (SSSR count). The minimum absolute atomic E-state index is 0.432. The third-order valence-electron chi connectivity index (χ3n) is 2.58. The first kappa shape index (κ1) is 13.0. The number of pyridine rings is 1. The molecule has 19 heavy (non-hydrogen) atoms. The van der Waals surface area contributed by atoms with E-state index in [4.69, 9.17) is 10.6 Å². The lowest BCUT2D eigenvalue weighted by molar-refractivity contribution is 0.414. The fourth-order valence-corrected chi connectivity index (χ4v) is 1.58. The quantitative estimate of drug-likeness (QED) is 0.546. The molecule has 0 saturated heterocycles. The van der Waals surface area contributed by atoms with Gasteiger partial charge in [-0.25, -0.2) is 15.8 Å². The van der Waals surface area contributed by atoms with Gasteiger partial charge < -0.3 is 15.5 Å². The van der Waals surface area contributed by atoms with Crippen molar-refractivity contribution in [3.63, 3.8) is 0 Å². The summed E-state index contributed by atoms with van der Waals surface area (Å²) in [6, 6.07) is 3.96. The largest absolute Gasteiger partial charge is 0.490 e. The summed E-state index contributed by atoms with van der Waals surface area (Å²) < 4.78 is 5.23. The molecule has 2 aromatic heterocycles. The molecule has 0 aliphatic carbocycles. The molecule has 0 spiro atoms. The highest BCUT2D eigenvalue weighted by Crippen LogP contribution is 2.28. The Kier molecular flexibility index (Phi) is 4.09. The molecule has 0 bridgehead atoms. The van der Waals surface area contributed by atoms with Crippen molar-refractivity contribution in [3.05, 3.63) is 35.9 Å². The van der Waals surface area contributed by atoms with Gasteiger partial charge in [0.25, 0.3) is 0 Å². The van der Waals surface area contributed by atoms with Crippen molar-refractivity contribution in [1.29, 1.82) is 0 Å². The van der Waals surface area contributed by atoms with Crippen LogP contribution in [0.15, 0.2) is 24.7 Å². The standard InChI is InChI=1S/C12H16N6O/c1-8-3-4-9(5-14-8)6-15-11-10(19-2)12(18-13)17-7-16-11/h3-5,7H,6,13H2,1-2H3,(H2,15,16,17,18). The Balaban J connectivity index is 2.13. The third-order valence-corrected chi connectivity index (χ3v) is 2.58. The zero-order valence-corrected chi connectivity index (χ0v) is 10.8. The average Bonchev–Trinajstić information content (AvgIpc) is 2.46. The zero-order chi connectivity index (χ0) is 13.7. The molecular weight excluding hydrogens is 244 g/mol. The van der Waals surface area contributed by atoms with Crippen molar-refractivity contribution in [2.24, 2.45) is 5.84 Å². The van der Waals surface area contributed by atoms with E-state index in [9.17, 15) is 0 Å². The lowest BCUT2D eigenvalue weighted by atomic mass is 10.2. The SMILES string of the molecule is COc1c(NN)ncnc1NCc1ccc(C)nc1. The average molecular weight is 260 g/mol. The minimum Gasteiger partial charge on any atom is -0.490 e. The van der Waals surface area contributed by atoms with Gasteiger partial charge >= 0.3 is 0 Å². The number of hydrazine groups is 1. The second-order valence-electron chi connectivity index (χ2n) is 3.91. The van der Waals surface area contributed by atoms with E-state index in [1.807, 2.05) is 25.3 Å². The van der Waals surface area contributed by atoms with Gasteiger partial charge in [-0.15, -0.1) is 0 Å². The van der Waals surface area contributed by atoms with E-state index in [0.717, 1.165) is 11.3 Å². The number of nitrogens with two attached hydrogens (primary N) is 1. The van der Waals surface area contributed by atoms with Crippen LogP contribution in [0.3, 0.4) is 0 Å². The van der Waals surface area contributed by atoms with Crippen LogP contribution in [0.1, 0.15) is 11.3 Å². The summed E-state index contributed by atoms with van der Waals surface area (Å²) in [5.74, 6) is 6.85. The number of aryl methyl sites for hydroxylation is 1. The van der Waals surface area contributed by atoms with E-state index >= 15 is 0 Å². The zero-order valence-electron chi connectivity index (χ0n) is 10.8. The smallest absolute Gasteiger partial charge is 0.205 e. The topological polar surface area (TPSA) is 98.0 Å². The van der Waals surface area contributed by atoms with Gasteiger partial charge in [-0.2, -0.15) is 0 Å². The number of rotatable bonds is 5. The Morgan fingerprint density at radius 1 is 1.21 bits per heavy atom. The fraction of sp³-hybridized carbons (Fsp3) is 0.250. The molecule has 0 radical (unpaired) electrons. The van der Waals surface area contributed by atoms with Crippen molar-refractivity contribution in [2.75, 3.05) is 17.9 Å². The number of aromatic nitrogens is 3. The summed E-state index contributed by atoms with van der Waals surface area (Å²) in [5.41, 5.74) is 4.50. The van der Waals surface area contributed by atoms with Crippen LogP contribution in [0.2, 0.25) is 0 Å². The first-order valence-corrected chi connectivity index (χ1v) is 5.75. The minimum atomic E-state index is 0.432. The van der Waals surface area contributed by atoms with Crippen LogP contribution in [-0.2, 0) is 6.54 Å². The summed E-state index contributed by atoms with van der Waals surface area (Å²) in [6.45, 7) is 2.54. The maximum Gasteiger partial charge on any atom is 0.205 e. The Morgan fingerprint density at radius 3 is 2.63 bits per heavy atom. The number of methoxy groups -OCH3 is 1. The highest BCUT2D eigenvalue weighted by Gasteiger charge is 2.10. The van der Waals surface area contributed by atoms with Gasteiger partial charge in [-0.1, -0.05) is 6.07 Å². The molecule has 7 nitrogen and oxygen atoms in total. The first-order chi connectivity index (χ1) is 9.24. The predicted octanol–water partition coefficient (Wildman–Crippen LogP) is 1.09. The second kappa shape index (κ2) is 5.96. The number of nitrogen functional groups attached to an aromatic ring is 1. The lowest BCUT2D eigenvalue weighted by Gasteiger charge is -2.12. The Labute approximate surface area is 111 Å². The summed E-state index contributed by atoms with van der Waals surface area (Å²) in [7, 11) is 1.54. The van der Waals surface area contributed by atoms with Crippen molar-refractivity contribution in [1.82, 2.24) is 15.0 Å². The van der Waals surface area contributed by atoms with Crippen molar-refractivity contribution >= 4 is 11.6 Å². The number of ether oxygens (including phenoxy) is 1. The van der Waals surface area contributed by atoms with E-state index < -0.39 is 0 Å². The van der Waals surface area contributed by atoms with Crippen molar-refractivity contribution < 1.29 is 4.74 Å². The Morgan fingerprint density at radius 2 is 2.00 bits per heavy atom. The van der Waals surface area contributed by atoms with Gasteiger partial charge in [-0.3, -0.25) is 4.98 Å². The van der Waals surface area contributed by atoms with Gasteiger partial charge in [0.1, 0.15) is 6.33 Å². The molecule has 4 N–H and O–H groups in total. The molecule has 0 aromatic carbocycles. The first-order valence-electron chi connectivity index (χ1n) is 5.75. The van der Waals surface area contributed by atoms with E-state index in [1.54, 1.807) is 0 Å². The highest BCUT2D eigenvalue weighted by molar-refractivity contribution is 5.63. The van der Waals surface area contributed by atoms with E-state index in [1.165, 1.54) is 13.4 Å². The number of hydrogen-bond donors (Lipinski definition) is 3. The van der Waals surface area contributed by atoms with Gasteiger partial charge in [0.15, 0.2) is 11.6 Å². The molecule has 7 heteroatoms. The summed E-state index contributed by atoms with van der Waals surface area (Å²) >= 11 is 0. The lowest BCUT2D eigenvalue weighted by Crippen LogP contribution is -2.12. The molecule has 0 unspecified atom stereocenters. The van der Waals surface area contributed by atoms with Crippen LogP contribution in [0.25, 0.3) is 0 Å². The molecule has 2 aromatic rings. The van der Waals surface area contributed by atoms with E-state index in [2.05, 4.69) is 25.7 Å². The van der Waals surface area contributed by atoms with Crippen LogP contribution in [0.4, 0.5) is 11.6 Å². The Hall–Kier alpha value is -2.41. The summed E-state index contributed by atoms with van der Waals surface area (Å²) in [6.07, 6.45) is 3.23. The third kappa shape index (κ3) is 3.08. The van der Waals surface area contributed by atoms with Gasteiger partial charge in [-0.05, 0) is 18.6 Å². The maximum absolute atomic E-state index is 5.36. The maximum atomic E-state index is 5.36. The van der Waals surface area contributed by atoms with Crippen molar-refractivity contribution in [2.45, 2.75) is 13.5 Å². The van der Waals surface area contributed by atoms with Gasteiger partial charge in [0, 0.05) is 18.4 Å². The van der Waals surface area contributed by atoms with Crippen LogP contribution in [-0.4, -0.2) is 22.1 Å². The normalized spacial score (nSPS) is 10.1. The molecule has 100 valence electrons. The Bertz CT molecular complexity index is 542. The van der Waals surface area contributed by atoms with Crippen LogP contribution < -0.4 is 21.3 Å². The number of anilines is 2. The molecule has 0 saturated carbocycles. The summed E-state index contributed by atoms with van der Waals surface area (Å²) in [4.78, 5) is 12.3. The van der Waals surface area contributed by atoms with Crippen LogP contribution in [0, 0.1) is 6.92 Å². The number of nitrogens with one attached hydrogen (secondary N) is 2. The monoisotopic (exact) mass is 260 g/mol. The molecule has 2 heterocycles. The predicted molar refractivity (Wildman–Crippen MR) is 72.7 cm³/mol. The van der Waals surface area contributed by atoms with Crippen LogP contribution in [0.5, 0.6) is 5.75 Å². The van der Waals surface area contributed by atoms with Crippen LogP contribution >= 0.6 is 0 Å². The number of nitrogens with zero attached hydrogens (tertiary/aromatic N) is 3. The molecule has 0 aliphatic rings. The fourth-order valence-electron chi connectivity index (χ4n) is 1.58. The molecule has 0 fully saturated rings. The second-order valence-corrected chi connectivity index (χ2v) is 3.91. The summed E-state index contributed by atoms with van der Waals surface area (Å²) in [5, 5.41) is 3.16. The van der Waals surface area contributed by atoms with E-state index in [0.29, 0.717) is 23.9 Å². The van der Waals surface area contributed by atoms with E-state index in [-0.39, 0.29) is 0 Å². The van der Waals surface area contributed by atoms with Crippen molar-refractivity contribution in [3.8, 4) is 5.75 Å². The molecule has 0 atom stereocenters. The molecule has 0 amide bonds. The van der Waals surface area contributed by atoms with Gasteiger partial charge in [0.2, 0.25) is 5.75 Å². The van der Waals surface area contributed by atoms with Gasteiger partial charge in [0.05, 0.1) is 7.11 Å². The highest BCUT2D eigenvalue weighted by atomic mass is 16.5.